The number of hydrazine groups is 1. The number of aromatic nitrogens is 1. The van der Waals surface area contributed by atoms with Crippen molar-refractivity contribution in [1.29, 1.82) is 0 Å². The monoisotopic (exact) mass is 291 g/mol. The molecule has 1 aliphatic rings. The number of likely N-dealkylation sites (tertiary alicyclic amines) is 1. The smallest absolute Gasteiger partial charge is 0.251 e. The van der Waals surface area contributed by atoms with Crippen LogP contribution >= 0.6 is 0 Å². The molecular formula is C15H25N5O. The summed E-state index contributed by atoms with van der Waals surface area (Å²) in [5, 5.41) is 2.99. The van der Waals surface area contributed by atoms with Crippen molar-refractivity contribution in [2.24, 2.45) is 11.8 Å². The van der Waals surface area contributed by atoms with Crippen LogP contribution in [0.2, 0.25) is 0 Å². The fourth-order valence-corrected chi connectivity index (χ4v) is 2.71. The Balaban J connectivity index is 1.84. The second-order valence-corrected chi connectivity index (χ2v) is 5.85. The molecular weight excluding hydrogens is 266 g/mol. The molecule has 6 heteroatoms. The maximum absolute atomic E-state index is 12.2. The molecule has 2 heterocycles. The molecule has 21 heavy (non-hydrogen) atoms. The summed E-state index contributed by atoms with van der Waals surface area (Å²) in [5.74, 6) is 6.22. The quantitative estimate of drug-likeness (QED) is 0.541. The number of hydrogen-bond acceptors (Lipinski definition) is 5. The lowest BCUT2D eigenvalue weighted by molar-refractivity contribution is 0.0945. The molecule has 0 aromatic carbocycles. The van der Waals surface area contributed by atoms with E-state index >= 15 is 0 Å². The molecule has 1 atom stereocenters. The molecule has 0 spiro atoms. The van der Waals surface area contributed by atoms with E-state index in [0.717, 1.165) is 12.2 Å². The summed E-state index contributed by atoms with van der Waals surface area (Å²) in [6, 6.07) is 3.43. The third kappa shape index (κ3) is 4.68. The predicted octanol–water partition coefficient (Wildman–Crippen LogP) is 1.14. The van der Waals surface area contributed by atoms with Crippen LogP contribution < -0.4 is 16.6 Å². The lowest BCUT2D eigenvalue weighted by Crippen LogP contribution is -2.34. The highest BCUT2D eigenvalue weighted by Crippen LogP contribution is 2.11. The zero-order valence-corrected chi connectivity index (χ0v) is 12.9. The molecule has 0 radical (unpaired) electrons. The number of hydrogen-bond donors (Lipinski definition) is 3. The first-order chi connectivity index (χ1) is 10.1. The Morgan fingerprint density at radius 2 is 2.14 bits per heavy atom. The maximum Gasteiger partial charge on any atom is 0.251 e. The third-order valence-electron chi connectivity index (χ3n) is 3.74. The molecule has 2 rings (SSSR count). The Morgan fingerprint density at radius 3 is 2.81 bits per heavy atom. The number of carbonyl (C=O) groups excluding carboxylic acids is 1. The Hall–Kier alpha value is -1.66. The maximum atomic E-state index is 12.2. The molecule has 1 aromatic rings. The van der Waals surface area contributed by atoms with Gasteiger partial charge in [0.2, 0.25) is 0 Å². The lowest BCUT2D eigenvalue weighted by Gasteiger charge is -2.20. The molecule has 1 aliphatic heterocycles. The molecule has 0 aliphatic carbocycles. The molecule has 0 saturated carbocycles. The van der Waals surface area contributed by atoms with E-state index in [0.29, 0.717) is 23.8 Å². The summed E-state index contributed by atoms with van der Waals surface area (Å²) in [5.41, 5.74) is 3.83. The highest BCUT2D eigenvalue weighted by atomic mass is 16.1. The summed E-state index contributed by atoms with van der Waals surface area (Å²) in [7, 11) is 0. The first-order valence-electron chi connectivity index (χ1n) is 7.54. The van der Waals surface area contributed by atoms with Crippen LogP contribution in [0.3, 0.4) is 0 Å². The van der Waals surface area contributed by atoms with Gasteiger partial charge in [0.15, 0.2) is 0 Å². The zero-order valence-electron chi connectivity index (χ0n) is 12.9. The van der Waals surface area contributed by atoms with Gasteiger partial charge in [-0.1, -0.05) is 6.92 Å². The van der Waals surface area contributed by atoms with Crippen molar-refractivity contribution in [3.05, 3.63) is 23.4 Å². The van der Waals surface area contributed by atoms with Gasteiger partial charge in [-0.15, -0.1) is 0 Å². The van der Waals surface area contributed by atoms with E-state index in [1.54, 1.807) is 12.1 Å². The van der Waals surface area contributed by atoms with Gasteiger partial charge in [0.05, 0.1) is 0 Å². The van der Waals surface area contributed by atoms with Crippen LogP contribution in [0.1, 0.15) is 35.8 Å². The Bertz CT molecular complexity index is 485. The topological polar surface area (TPSA) is 83.3 Å². The normalized spacial score (nSPS) is 16.7. The number of aryl methyl sites for hydroxylation is 1. The standard InChI is InChI=1S/C15H25N5O/c1-11(10-20-5-3-4-6-20)9-17-15(21)13-7-12(2)18-14(8-13)19-16/h7-8,11H,3-6,9-10,16H2,1-2H3,(H,17,21)(H,18,19). The zero-order chi connectivity index (χ0) is 15.2. The molecule has 116 valence electrons. The molecule has 1 saturated heterocycles. The van der Waals surface area contributed by atoms with Crippen LogP contribution in [0.5, 0.6) is 0 Å². The number of amides is 1. The number of anilines is 1. The van der Waals surface area contributed by atoms with E-state index in [1.807, 2.05) is 6.92 Å². The number of rotatable bonds is 6. The number of nitrogens with two attached hydrogens (primary N) is 1. The summed E-state index contributed by atoms with van der Waals surface area (Å²) in [4.78, 5) is 18.8. The van der Waals surface area contributed by atoms with E-state index in [9.17, 15) is 4.79 Å². The minimum absolute atomic E-state index is 0.0785. The number of nitrogens with zero attached hydrogens (tertiary/aromatic N) is 2. The van der Waals surface area contributed by atoms with Crippen LogP contribution in [-0.4, -0.2) is 42.0 Å². The van der Waals surface area contributed by atoms with Gasteiger partial charge in [0.1, 0.15) is 5.82 Å². The van der Waals surface area contributed by atoms with Crippen molar-refractivity contribution in [1.82, 2.24) is 15.2 Å². The summed E-state index contributed by atoms with van der Waals surface area (Å²) < 4.78 is 0. The van der Waals surface area contributed by atoms with E-state index in [-0.39, 0.29) is 5.91 Å². The molecule has 1 unspecified atom stereocenters. The minimum Gasteiger partial charge on any atom is -0.352 e. The van der Waals surface area contributed by atoms with E-state index < -0.39 is 0 Å². The van der Waals surface area contributed by atoms with Gasteiger partial charge in [-0.05, 0) is 50.9 Å². The average molecular weight is 291 g/mol. The van der Waals surface area contributed by atoms with Gasteiger partial charge in [0, 0.05) is 24.3 Å². The second-order valence-electron chi connectivity index (χ2n) is 5.85. The average Bonchev–Trinajstić information content (AvgIpc) is 2.96. The van der Waals surface area contributed by atoms with Crippen molar-refractivity contribution in [3.63, 3.8) is 0 Å². The van der Waals surface area contributed by atoms with Crippen LogP contribution in [-0.2, 0) is 0 Å². The summed E-state index contributed by atoms with van der Waals surface area (Å²) in [6.45, 7) is 8.12. The van der Waals surface area contributed by atoms with Crippen LogP contribution in [0.4, 0.5) is 5.82 Å². The summed E-state index contributed by atoms with van der Waals surface area (Å²) >= 11 is 0. The number of nitrogens with one attached hydrogen (secondary N) is 2. The van der Waals surface area contributed by atoms with E-state index in [1.165, 1.54) is 25.9 Å². The fraction of sp³-hybridized carbons (Fsp3) is 0.600. The lowest BCUT2D eigenvalue weighted by atomic mass is 10.1. The van der Waals surface area contributed by atoms with Gasteiger partial charge in [0.25, 0.3) is 5.91 Å². The van der Waals surface area contributed by atoms with Crippen molar-refractivity contribution in [3.8, 4) is 0 Å². The van der Waals surface area contributed by atoms with Crippen LogP contribution in [0, 0.1) is 12.8 Å². The second kappa shape index (κ2) is 7.38. The van der Waals surface area contributed by atoms with Gasteiger partial charge < -0.3 is 15.6 Å². The minimum atomic E-state index is -0.0785. The third-order valence-corrected chi connectivity index (χ3v) is 3.74. The van der Waals surface area contributed by atoms with Crippen molar-refractivity contribution in [2.75, 3.05) is 31.6 Å². The van der Waals surface area contributed by atoms with Crippen molar-refractivity contribution < 1.29 is 4.79 Å². The molecule has 6 nitrogen and oxygen atoms in total. The molecule has 4 N–H and O–H groups in total. The van der Waals surface area contributed by atoms with Crippen LogP contribution in [0.15, 0.2) is 12.1 Å². The van der Waals surface area contributed by atoms with Crippen molar-refractivity contribution >= 4 is 11.7 Å². The number of carbonyl (C=O) groups is 1. The van der Waals surface area contributed by atoms with Crippen molar-refractivity contribution in [2.45, 2.75) is 26.7 Å². The Kier molecular flexibility index (Phi) is 5.52. The highest BCUT2D eigenvalue weighted by Gasteiger charge is 2.15. The Labute approximate surface area is 126 Å². The number of pyridine rings is 1. The molecule has 1 aromatic heterocycles. The molecule has 1 amide bonds. The predicted molar refractivity (Wildman–Crippen MR) is 84.0 cm³/mol. The van der Waals surface area contributed by atoms with Crippen LogP contribution in [0.25, 0.3) is 0 Å². The fourth-order valence-electron chi connectivity index (χ4n) is 2.71. The first kappa shape index (κ1) is 15.7. The Morgan fingerprint density at radius 1 is 1.43 bits per heavy atom. The molecule has 0 bridgehead atoms. The van der Waals surface area contributed by atoms with Gasteiger partial charge in [-0.25, -0.2) is 10.8 Å². The first-order valence-corrected chi connectivity index (χ1v) is 7.54. The van der Waals surface area contributed by atoms with E-state index in [4.69, 9.17) is 5.84 Å². The highest BCUT2D eigenvalue weighted by molar-refractivity contribution is 5.94. The largest absolute Gasteiger partial charge is 0.352 e. The summed E-state index contributed by atoms with van der Waals surface area (Å²) in [6.07, 6.45) is 2.59. The number of nitrogen functional groups attached to an aromatic ring is 1. The molecule has 1 fully saturated rings. The van der Waals surface area contributed by atoms with Gasteiger partial charge >= 0.3 is 0 Å². The van der Waals surface area contributed by atoms with Gasteiger partial charge in [-0.3, -0.25) is 4.79 Å². The SMILES string of the molecule is Cc1cc(C(=O)NCC(C)CN2CCCC2)cc(NN)n1. The van der Waals surface area contributed by atoms with Gasteiger partial charge in [-0.2, -0.15) is 0 Å². The van der Waals surface area contributed by atoms with E-state index in [2.05, 4.69) is 27.6 Å².